The van der Waals surface area contributed by atoms with Crippen molar-refractivity contribution in [2.75, 3.05) is 16.0 Å². The summed E-state index contributed by atoms with van der Waals surface area (Å²) < 4.78 is 38.9. The van der Waals surface area contributed by atoms with Crippen LogP contribution in [0.1, 0.15) is 23.5 Å². The molecule has 1 unspecified atom stereocenters. The Labute approximate surface area is 193 Å². The molecule has 0 spiro atoms. The maximum Gasteiger partial charge on any atom is 0.416 e. The molecule has 0 bridgehead atoms. The lowest BCUT2D eigenvalue weighted by molar-refractivity contribution is -0.384. The van der Waals surface area contributed by atoms with Gasteiger partial charge in [-0.3, -0.25) is 29.5 Å². The molecule has 4 rings (SSSR count). The molecule has 2 amide bonds. The number of H-pyrrole nitrogens is 1. The van der Waals surface area contributed by atoms with Gasteiger partial charge in [0.25, 0.3) is 11.2 Å². The Balaban J connectivity index is 1.62. The minimum absolute atomic E-state index is 0.0231. The van der Waals surface area contributed by atoms with Crippen LogP contribution in [0.15, 0.2) is 53.3 Å². The molecule has 14 heteroatoms. The van der Waals surface area contributed by atoms with Crippen LogP contribution in [0.5, 0.6) is 0 Å². The van der Waals surface area contributed by atoms with Gasteiger partial charge < -0.3 is 16.0 Å². The Bertz CT molecular complexity index is 1400. The molecule has 3 aromatic rings. The standard InChI is InChI=1S/C21H15F3N6O5/c22-21(23,24)10-3-1-4-11(7-10)26-20-28-17-16(19(33)29-20)14(9-15(31)27-17)18(32)25-12-5-2-6-13(8-12)30(34)35/h1-8,14H,9H2,(H,25,32)(H3,26,27,28,29,31,33). The summed E-state index contributed by atoms with van der Waals surface area (Å²) in [4.78, 5) is 54.5. The predicted molar refractivity (Wildman–Crippen MR) is 117 cm³/mol. The molecule has 0 fully saturated rings. The molecule has 1 aliphatic rings. The fraction of sp³-hybridized carbons (Fsp3) is 0.143. The zero-order chi connectivity index (χ0) is 25.3. The van der Waals surface area contributed by atoms with Crippen molar-refractivity contribution in [2.45, 2.75) is 18.5 Å². The van der Waals surface area contributed by atoms with Gasteiger partial charge in [0, 0.05) is 29.9 Å². The number of nitro groups is 1. The molecule has 2 heterocycles. The minimum atomic E-state index is -4.58. The molecule has 11 nitrogen and oxygen atoms in total. The summed E-state index contributed by atoms with van der Waals surface area (Å²) >= 11 is 0. The van der Waals surface area contributed by atoms with Gasteiger partial charge in [-0.25, -0.2) is 0 Å². The lowest BCUT2D eigenvalue weighted by atomic mass is 9.92. The number of aromatic amines is 1. The van der Waals surface area contributed by atoms with Gasteiger partial charge in [0.05, 0.1) is 22.0 Å². The summed E-state index contributed by atoms with van der Waals surface area (Å²) in [6.45, 7) is 0. The van der Waals surface area contributed by atoms with Crippen molar-refractivity contribution in [1.29, 1.82) is 0 Å². The summed E-state index contributed by atoms with van der Waals surface area (Å²) in [5.41, 5.74) is -2.09. The molecule has 180 valence electrons. The van der Waals surface area contributed by atoms with E-state index in [4.69, 9.17) is 0 Å². The third-order valence-electron chi connectivity index (χ3n) is 5.04. The Morgan fingerprint density at radius 1 is 1.11 bits per heavy atom. The van der Waals surface area contributed by atoms with E-state index >= 15 is 0 Å². The van der Waals surface area contributed by atoms with Crippen LogP contribution in [-0.2, 0) is 15.8 Å². The van der Waals surface area contributed by atoms with Crippen LogP contribution in [-0.4, -0.2) is 26.7 Å². The largest absolute Gasteiger partial charge is 0.416 e. The number of carbonyl (C=O) groups is 2. The van der Waals surface area contributed by atoms with E-state index in [-0.39, 0.29) is 40.8 Å². The van der Waals surface area contributed by atoms with Gasteiger partial charge in [0.15, 0.2) is 0 Å². The first-order valence-corrected chi connectivity index (χ1v) is 9.95. The average molecular weight is 488 g/mol. The summed E-state index contributed by atoms with van der Waals surface area (Å²) in [7, 11) is 0. The molecule has 2 aromatic carbocycles. The number of nitrogens with zero attached hydrogens (tertiary/aromatic N) is 2. The van der Waals surface area contributed by atoms with Gasteiger partial charge in [-0.1, -0.05) is 12.1 Å². The lowest BCUT2D eigenvalue weighted by Crippen LogP contribution is -2.36. The molecule has 1 aromatic heterocycles. The summed E-state index contributed by atoms with van der Waals surface area (Å²) in [6, 6.07) is 9.28. The molecule has 1 aliphatic heterocycles. The van der Waals surface area contributed by atoms with E-state index in [0.29, 0.717) is 0 Å². The van der Waals surface area contributed by atoms with E-state index in [1.807, 2.05) is 0 Å². The van der Waals surface area contributed by atoms with E-state index in [2.05, 4.69) is 25.9 Å². The third-order valence-corrected chi connectivity index (χ3v) is 5.04. The van der Waals surface area contributed by atoms with E-state index < -0.39 is 40.0 Å². The number of anilines is 4. The van der Waals surface area contributed by atoms with Gasteiger partial charge in [0.2, 0.25) is 17.8 Å². The SMILES string of the molecule is O=C1CC(C(=O)Nc2cccc([N+](=O)[O-])c2)c2c(nc(Nc3cccc(C(F)(F)F)c3)[nH]c2=O)N1. The van der Waals surface area contributed by atoms with Crippen LogP contribution < -0.4 is 21.5 Å². The maximum absolute atomic E-state index is 13.0. The van der Waals surface area contributed by atoms with Gasteiger partial charge in [-0.2, -0.15) is 18.2 Å². The van der Waals surface area contributed by atoms with Crippen molar-refractivity contribution in [3.63, 3.8) is 0 Å². The first kappa shape index (κ1) is 23.4. The second-order valence-electron chi connectivity index (χ2n) is 7.48. The van der Waals surface area contributed by atoms with Crippen LogP contribution in [0.3, 0.4) is 0 Å². The van der Waals surface area contributed by atoms with Crippen LogP contribution >= 0.6 is 0 Å². The number of halogens is 3. The third kappa shape index (κ3) is 5.10. The Morgan fingerprint density at radius 3 is 2.54 bits per heavy atom. The van der Waals surface area contributed by atoms with Crippen molar-refractivity contribution in [2.24, 2.45) is 0 Å². The van der Waals surface area contributed by atoms with Gasteiger partial charge in [-0.05, 0) is 24.3 Å². The average Bonchev–Trinajstić information content (AvgIpc) is 2.78. The highest BCUT2D eigenvalue weighted by atomic mass is 19.4. The Hall–Kier alpha value is -4.75. The summed E-state index contributed by atoms with van der Waals surface area (Å²) in [5.74, 6) is -3.16. The summed E-state index contributed by atoms with van der Waals surface area (Å²) in [5, 5.41) is 18.3. The highest BCUT2D eigenvalue weighted by Gasteiger charge is 2.35. The quantitative estimate of drug-likeness (QED) is 0.316. The van der Waals surface area contributed by atoms with Crippen LogP contribution in [0, 0.1) is 10.1 Å². The summed E-state index contributed by atoms with van der Waals surface area (Å²) in [6.07, 6.45) is -4.97. The number of alkyl halides is 3. The predicted octanol–water partition coefficient (Wildman–Crippen LogP) is 3.51. The molecule has 0 saturated heterocycles. The fourth-order valence-electron chi connectivity index (χ4n) is 3.49. The number of carbonyl (C=O) groups excluding carboxylic acids is 2. The number of fused-ring (bicyclic) bond motifs is 1. The second kappa shape index (κ2) is 8.89. The monoisotopic (exact) mass is 488 g/mol. The van der Waals surface area contributed by atoms with E-state index in [1.54, 1.807) is 0 Å². The van der Waals surface area contributed by atoms with Crippen LogP contribution in [0.2, 0.25) is 0 Å². The normalized spacial score (nSPS) is 15.1. The van der Waals surface area contributed by atoms with Gasteiger partial charge in [0.1, 0.15) is 5.82 Å². The number of non-ortho nitro benzene ring substituents is 1. The van der Waals surface area contributed by atoms with Gasteiger partial charge in [-0.15, -0.1) is 0 Å². The van der Waals surface area contributed by atoms with Crippen molar-refractivity contribution in [3.05, 3.63) is 80.1 Å². The highest BCUT2D eigenvalue weighted by molar-refractivity contribution is 6.04. The molecule has 0 saturated carbocycles. The lowest BCUT2D eigenvalue weighted by Gasteiger charge is -2.23. The molecule has 4 N–H and O–H groups in total. The number of nitro benzene ring substituents is 1. The first-order chi connectivity index (χ1) is 16.5. The number of benzene rings is 2. The topological polar surface area (TPSA) is 159 Å². The molecule has 0 radical (unpaired) electrons. The smallest absolute Gasteiger partial charge is 0.326 e. The van der Waals surface area contributed by atoms with E-state index in [9.17, 15) is 37.7 Å². The first-order valence-electron chi connectivity index (χ1n) is 9.95. The molecular weight excluding hydrogens is 473 g/mol. The number of hydrogen-bond acceptors (Lipinski definition) is 7. The van der Waals surface area contributed by atoms with Crippen molar-refractivity contribution in [3.8, 4) is 0 Å². The number of amides is 2. The van der Waals surface area contributed by atoms with Crippen LogP contribution in [0.25, 0.3) is 0 Å². The fourth-order valence-corrected chi connectivity index (χ4v) is 3.49. The second-order valence-corrected chi connectivity index (χ2v) is 7.48. The van der Waals surface area contributed by atoms with E-state index in [1.165, 1.54) is 24.3 Å². The van der Waals surface area contributed by atoms with Gasteiger partial charge >= 0.3 is 6.18 Å². The maximum atomic E-state index is 13.0. The zero-order valence-electron chi connectivity index (χ0n) is 17.5. The molecular formula is C21H15F3N6O5. The number of hydrogen-bond donors (Lipinski definition) is 4. The van der Waals surface area contributed by atoms with Crippen molar-refractivity contribution >= 4 is 40.6 Å². The number of nitrogens with one attached hydrogen (secondary N) is 4. The Morgan fingerprint density at radius 2 is 1.83 bits per heavy atom. The number of rotatable bonds is 5. The zero-order valence-corrected chi connectivity index (χ0v) is 17.5. The number of aromatic nitrogens is 2. The molecule has 35 heavy (non-hydrogen) atoms. The highest BCUT2D eigenvalue weighted by Crippen LogP contribution is 2.33. The molecule has 1 atom stereocenters. The van der Waals surface area contributed by atoms with Crippen molar-refractivity contribution in [1.82, 2.24) is 9.97 Å². The molecule has 0 aliphatic carbocycles. The van der Waals surface area contributed by atoms with Crippen molar-refractivity contribution < 1.29 is 27.7 Å². The minimum Gasteiger partial charge on any atom is -0.326 e. The Kier molecular flexibility index (Phi) is 5.94. The van der Waals surface area contributed by atoms with E-state index in [0.717, 1.165) is 24.3 Å². The van der Waals surface area contributed by atoms with Crippen LogP contribution in [0.4, 0.5) is 42.0 Å².